The first-order valence-corrected chi connectivity index (χ1v) is 4.99. The van der Waals surface area contributed by atoms with Crippen LogP contribution in [0.1, 0.15) is 5.56 Å². The molecule has 1 aromatic rings. The molecule has 0 atom stereocenters. The lowest BCUT2D eigenvalue weighted by molar-refractivity contribution is -0.182. The second kappa shape index (κ2) is 6.58. The molecule has 0 saturated heterocycles. The highest BCUT2D eigenvalue weighted by Gasteiger charge is 2.08. The second-order valence-electron chi connectivity index (χ2n) is 3.15. The molecule has 1 rings (SSSR count). The van der Waals surface area contributed by atoms with Crippen LogP contribution in [0.4, 0.5) is 0 Å². The van der Waals surface area contributed by atoms with Crippen molar-refractivity contribution in [3.05, 3.63) is 61.2 Å². The van der Waals surface area contributed by atoms with Crippen LogP contribution in [0.5, 0.6) is 0 Å². The molecule has 0 spiro atoms. The number of rotatable bonds is 6. The molecule has 0 heterocycles. The summed E-state index contributed by atoms with van der Waals surface area (Å²) in [5.41, 5.74) is 1.01. The Balaban J connectivity index is 2.53. The molecule has 1 amide bonds. The smallest absolute Gasteiger partial charge is 0.267 e. The van der Waals surface area contributed by atoms with Gasteiger partial charge < -0.3 is 0 Å². The maximum absolute atomic E-state index is 11.4. The van der Waals surface area contributed by atoms with Crippen LogP contribution >= 0.6 is 0 Å². The first-order chi connectivity index (χ1) is 7.77. The maximum atomic E-state index is 11.4. The number of hydrogen-bond donors (Lipinski definition) is 0. The Bertz CT molecular complexity index is 359. The summed E-state index contributed by atoms with van der Waals surface area (Å²) >= 11 is 0. The van der Waals surface area contributed by atoms with Crippen LogP contribution in [0.3, 0.4) is 0 Å². The van der Waals surface area contributed by atoms with E-state index in [0.29, 0.717) is 13.2 Å². The average Bonchev–Trinajstić information content (AvgIpc) is 2.34. The summed E-state index contributed by atoms with van der Waals surface area (Å²) in [6, 6.07) is 9.65. The lowest BCUT2D eigenvalue weighted by Gasteiger charge is -2.18. The van der Waals surface area contributed by atoms with Crippen LogP contribution in [0.2, 0.25) is 0 Å². The third-order valence-electron chi connectivity index (χ3n) is 1.95. The minimum atomic E-state index is -0.268. The summed E-state index contributed by atoms with van der Waals surface area (Å²) < 4.78 is 0. The van der Waals surface area contributed by atoms with Crippen LogP contribution in [0, 0.1) is 0 Å². The largest absolute Gasteiger partial charge is 0.269 e. The van der Waals surface area contributed by atoms with Gasteiger partial charge in [-0.05, 0) is 11.6 Å². The highest BCUT2D eigenvalue weighted by molar-refractivity contribution is 5.86. The van der Waals surface area contributed by atoms with E-state index in [1.165, 1.54) is 11.1 Å². The van der Waals surface area contributed by atoms with E-state index in [1.54, 1.807) is 6.08 Å². The Hall–Kier alpha value is -1.87. The standard InChI is InChI=1S/C13H15NO2/c1-3-10-14(13(15)4-2)16-11-12-8-6-5-7-9-12/h3-9H,1-2,10-11H2. The fourth-order valence-corrected chi connectivity index (χ4v) is 1.15. The number of amides is 1. The highest BCUT2D eigenvalue weighted by Crippen LogP contribution is 2.03. The minimum absolute atomic E-state index is 0.268. The van der Waals surface area contributed by atoms with Crippen molar-refractivity contribution in [1.82, 2.24) is 5.06 Å². The topological polar surface area (TPSA) is 29.5 Å². The van der Waals surface area contributed by atoms with E-state index in [2.05, 4.69) is 13.2 Å². The molecule has 84 valence electrons. The van der Waals surface area contributed by atoms with E-state index in [0.717, 1.165) is 5.56 Å². The lowest BCUT2D eigenvalue weighted by Crippen LogP contribution is -2.29. The van der Waals surface area contributed by atoms with Gasteiger partial charge in [0.1, 0.15) is 6.61 Å². The number of carbonyl (C=O) groups is 1. The van der Waals surface area contributed by atoms with E-state index in [1.807, 2.05) is 30.3 Å². The summed E-state index contributed by atoms with van der Waals surface area (Å²) in [7, 11) is 0. The van der Waals surface area contributed by atoms with E-state index in [-0.39, 0.29) is 5.91 Å². The van der Waals surface area contributed by atoms with Crippen molar-refractivity contribution in [3.8, 4) is 0 Å². The zero-order valence-electron chi connectivity index (χ0n) is 9.13. The normalized spacial score (nSPS) is 9.50. The molecule has 0 aliphatic heterocycles. The predicted octanol–water partition coefficient (Wildman–Crippen LogP) is 2.32. The van der Waals surface area contributed by atoms with Gasteiger partial charge in [-0.1, -0.05) is 43.0 Å². The minimum Gasteiger partial charge on any atom is -0.267 e. The number of benzene rings is 1. The zero-order valence-corrected chi connectivity index (χ0v) is 9.13. The van der Waals surface area contributed by atoms with Gasteiger partial charge in [-0.15, -0.1) is 6.58 Å². The fraction of sp³-hybridized carbons (Fsp3) is 0.154. The van der Waals surface area contributed by atoms with Crippen LogP contribution < -0.4 is 0 Å². The van der Waals surface area contributed by atoms with Gasteiger partial charge in [-0.3, -0.25) is 9.63 Å². The van der Waals surface area contributed by atoms with E-state index in [4.69, 9.17) is 4.84 Å². The summed E-state index contributed by atoms with van der Waals surface area (Å²) in [5.74, 6) is -0.268. The van der Waals surface area contributed by atoms with Gasteiger partial charge in [-0.2, -0.15) is 0 Å². The number of hydrogen-bond acceptors (Lipinski definition) is 2. The second-order valence-corrected chi connectivity index (χ2v) is 3.15. The number of hydroxylamine groups is 2. The monoisotopic (exact) mass is 217 g/mol. The maximum Gasteiger partial charge on any atom is 0.269 e. The fourth-order valence-electron chi connectivity index (χ4n) is 1.15. The molecule has 0 radical (unpaired) electrons. The molecule has 0 aliphatic carbocycles. The molecule has 0 bridgehead atoms. The third-order valence-corrected chi connectivity index (χ3v) is 1.95. The Labute approximate surface area is 95.6 Å². The van der Waals surface area contributed by atoms with Gasteiger partial charge in [0.15, 0.2) is 0 Å². The average molecular weight is 217 g/mol. The molecule has 0 N–H and O–H groups in total. The number of carbonyl (C=O) groups excluding carboxylic acids is 1. The molecule has 0 aromatic heterocycles. The van der Waals surface area contributed by atoms with Crippen LogP contribution in [-0.4, -0.2) is 17.5 Å². The van der Waals surface area contributed by atoms with Crippen LogP contribution in [0.15, 0.2) is 55.6 Å². The summed E-state index contributed by atoms with van der Waals surface area (Å²) in [4.78, 5) is 16.7. The third kappa shape index (κ3) is 3.71. The molecule has 0 fully saturated rings. The van der Waals surface area contributed by atoms with Gasteiger partial charge in [0, 0.05) is 0 Å². The van der Waals surface area contributed by atoms with Gasteiger partial charge >= 0.3 is 0 Å². The van der Waals surface area contributed by atoms with Crippen molar-refractivity contribution in [2.75, 3.05) is 6.54 Å². The molecular weight excluding hydrogens is 202 g/mol. The van der Waals surface area contributed by atoms with Crippen molar-refractivity contribution in [2.45, 2.75) is 6.61 Å². The molecule has 0 unspecified atom stereocenters. The first kappa shape index (κ1) is 12.2. The summed E-state index contributed by atoms with van der Waals surface area (Å²) in [5, 5.41) is 1.23. The van der Waals surface area contributed by atoms with Crippen LogP contribution in [-0.2, 0) is 16.2 Å². The van der Waals surface area contributed by atoms with Crippen molar-refractivity contribution in [3.63, 3.8) is 0 Å². The molecule has 3 heteroatoms. The van der Waals surface area contributed by atoms with Gasteiger partial charge in [0.25, 0.3) is 5.91 Å². The lowest BCUT2D eigenvalue weighted by atomic mass is 10.2. The first-order valence-electron chi connectivity index (χ1n) is 4.99. The predicted molar refractivity (Wildman–Crippen MR) is 63.3 cm³/mol. The highest BCUT2D eigenvalue weighted by atomic mass is 16.7. The van der Waals surface area contributed by atoms with E-state index < -0.39 is 0 Å². The van der Waals surface area contributed by atoms with Crippen molar-refractivity contribution < 1.29 is 9.63 Å². The molecule has 16 heavy (non-hydrogen) atoms. The molecule has 0 saturated carbocycles. The quantitative estimate of drug-likeness (QED) is 0.416. The Morgan fingerprint density at radius 2 is 2.00 bits per heavy atom. The summed E-state index contributed by atoms with van der Waals surface area (Å²) in [6.07, 6.45) is 2.82. The SMILES string of the molecule is C=CCN(OCc1ccccc1)C(=O)C=C. The Morgan fingerprint density at radius 1 is 1.31 bits per heavy atom. The van der Waals surface area contributed by atoms with Crippen molar-refractivity contribution >= 4 is 5.91 Å². The number of nitrogens with zero attached hydrogens (tertiary/aromatic N) is 1. The van der Waals surface area contributed by atoms with Crippen molar-refractivity contribution in [1.29, 1.82) is 0 Å². The molecular formula is C13H15NO2. The molecule has 3 nitrogen and oxygen atoms in total. The molecule has 0 aliphatic rings. The summed E-state index contributed by atoms with van der Waals surface area (Å²) in [6.45, 7) is 7.68. The zero-order chi connectivity index (χ0) is 11.8. The van der Waals surface area contributed by atoms with Crippen LogP contribution in [0.25, 0.3) is 0 Å². The molecule has 1 aromatic carbocycles. The van der Waals surface area contributed by atoms with Gasteiger partial charge in [-0.25, -0.2) is 5.06 Å². The Kier molecular flexibility index (Phi) is 5.02. The van der Waals surface area contributed by atoms with Gasteiger partial charge in [0.2, 0.25) is 0 Å². The van der Waals surface area contributed by atoms with Crippen molar-refractivity contribution in [2.24, 2.45) is 0 Å². The Morgan fingerprint density at radius 3 is 2.56 bits per heavy atom. The van der Waals surface area contributed by atoms with Gasteiger partial charge in [0.05, 0.1) is 6.54 Å². The van der Waals surface area contributed by atoms with E-state index >= 15 is 0 Å². The van der Waals surface area contributed by atoms with E-state index in [9.17, 15) is 4.79 Å².